The van der Waals surface area contributed by atoms with Crippen molar-refractivity contribution in [1.82, 2.24) is 0 Å². The number of benzene rings is 1. The lowest BCUT2D eigenvalue weighted by Crippen LogP contribution is -2.10. The van der Waals surface area contributed by atoms with Crippen LogP contribution >= 0.6 is 0 Å². The van der Waals surface area contributed by atoms with Crippen LogP contribution in [0.25, 0.3) is 0 Å². The van der Waals surface area contributed by atoms with Crippen molar-refractivity contribution < 1.29 is 14.3 Å². The molecule has 0 saturated carbocycles. The van der Waals surface area contributed by atoms with E-state index in [1.807, 2.05) is 12.1 Å². The van der Waals surface area contributed by atoms with E-state index in [0.29, 0.717) is 31.3 Å². The quantitative estimate of drug-likeness (QED) is 0.582. The molecule has 0 aliphatic heterocycles. The normalized spacial score (nSPS) is 9.71. The van der Waals surface area contributed by atoms with Gasteiger partial charge in [0.05, 0.1) is 18.9 Å². The zero-order chi connectivity index (χ0) is 12.5. The molecule has 0 heterocycles. The third-order valence-corrected chi connectivity index (χ3v) is 1.92. The van der Waals surface area contributed by atoms with E-state index in [-0.39, 0.29) is 5.91 Å². The Morgan fingerprint density at radius 1 is 1.41 bits per heavy atom. The van der Waals surface area contributed by atoms with Gasteiger partial charge in [-0.2, -0.15) is 0 Å². The first-order chi connectivity index (χ1) is 8.24. The molecule has 1 rings (SSSR count). The van der Waals surface area contributed by atoms with Gasteiger partial charge in [-0.05, 0) is 12.1 Å². The summed E-state index contributed by atoms with van der Waals surface area (Å²) in [4.78, 5) is 11.0. The lowest BCUT2D eigenvalue weighted by Gasteiger charge is -2.11. The van der Waals surface area contributed by atoms with Gasteiger partial charge in [-0.15, -0.1) is 6.58 Å². The van der Waals surface area contributed by atoms with Gasteiger partial charge in [0.2, 0.25) is 5.91 Å². The van der Waals surface area contributed by atoms with Crippen molar-refractivity contribution in [3.8, 4) is 5.75 Å². The summed E-state index contributed by atoms with van der Waals surface area (Å²) in [7, 11) is 0. The van der Waals surface area contributed by atoms with Crippen LogP contribution in [0.1, 0.15) is 6.92 Å². The Balaban J connectivity index is 2.46. The Bertz CT molecular complexity index is 377. The van der Waals surface area contributed by atoms with Crippen LogP contribution in [-0.2, 0) is 9.53 Å². The predicted molar refractivity (Wildman–Crippen MR) is 67.3 cm³/mol. The highest BCUT2D eigenvalue weighted by Crippen LogP contribution is 2.23. The van der Waals surface area contributed by atoms with Crippen molar-refractivity contribution >= 4 is 11.6 Å². The number of anilines is 1. The van der Waals surface area contributed by atoms with Crippen molar-refractivity contribution in [2.75, 3.05) is 25.1 Å². The molecule has 0 aliphatic carbocycles. The number of ether oxygens (including phenoxy) is 2. The summed E-state index contributed by atoms with van der Waals surface area (Å²) in [5.41, 5.74) is 0.670. The van der Waals surface area contributed by atoms with Crippen LogP contribution in [0.15, 0.2) is 36.9 Å². The maximum absolute atomic E-state index is 11.0. The molecule has 0 radical (unpaired) electrons. The van der Waals surface area contributed by atoms with Gasteiger partial charge in [0.15, 0.2) is 0 Å². The lowest BCUT2D eigenvalue weighted by atomic mass is 10.3. The maximum atomic E-state index is 11.0. The molecule has 1 amide bonds. The number of amides is 1. The number of hydrogen-bond donors (Lipinski definition) is 1. The van der Waals surface area contributed by atoms with E-state index >= 15 is 0 Å². The summed E-state index contributed by atoms with van der Waals surface area (Å²) in [6.45, 7) is 6.44. The second-order valence-electron chi connectivity index (χ2n) is 3.39. The van der Waals surface area contributed by atoms with E-state index < -0.39 is 0 Å². The highest BCUT2D eigenvalue weighted by Gasteiger charge is 2.03. The van der Waals surface area contributed by atoms with Crippen LogP contribution in [0.3, 0.4) is 0 Å². The molecule has 0 fully saturated rings. The minimum atomic E-state index is -0.121. The van der Waals surface area contributed by atoms with Crippen LogP contribution < -0.4 is 10.1 Å². The van der Waals surface area contributed by atoms with Gasteiger partial charge in [-0.3, -0.25) is 4.79 Å². The maximum Gasteiger partial charge on any atom is 0.221 e. The fourth-order valence-electron chi connectivity index (χ4n) is 1.26. The molecule has 0 aliphatic rings. The van der Waals surface area contributed by atoms with Crippen molar-refractivity contribution in [1.29, 1.82) is 0 Å². The molecule has 1 aromatic rings. The molecule has 0 saturated heterocycles. The van der Waals surface area contributed by atoms with Crippen molar-refractivity contribution in [2.45, 2.75) is 6.92 Å². The van der Waals surface area contributed by atoms with E-state index in [4.69, 9.17) is 9.47 Å². The molecule has 0 bridgehead atoms. The van der Waals surface area contributed by atoms with Gasteiger partial charge >= 0.3 is 0 Å². The molecule has 0 unspecified atom stereocenters. The van der Waals surface area contributed by atoms with E-state index in [9.17, 15) is 4.79 Å². The molecule has 17 heavy (non-hydrogen) atoms. The minimum absolute atomic E-state index is 0.121. The summed E-state index contributed by atoms with van der Waals surface area (Å²) in [6, 6.07) is 7.29. The van der Waals surface area contributed by atoms with Crippen molar-refractivity contribution in [2.24, 2.45) is 0 Å². The molecule has 4 heteroatoms. The smallest absolute Gasteiger partial charge is 0.221 e. The van der Waals surface area contributed by atoms with Gasteiger partial charge < -0.3 is 14.8 Å². The number of hydrogen-bond acceptors (Lipinski definition) is 3. The number of rotatable bonds is 7. The first kappa shape index (κ1) is 13.3. The Labute approximate surface area is 101 Å². The lowest BCUT2D eigenvalue weighted by molar-refractivity contribution is -0.114. The standard InChI is InChI=1S/C13H17NO3/c1-3-8-16-9-10-17-13-7-5-4-6-12(13)14-11(2)15/h3-7H,1,8-10H2,2H3,(H,14,15). The summed E-state index contributed by atoms with van der Waals surface area (Å²) in [5.74, 6) is 0.522. The van der Waals surface area contributed by atoms with Crippen LogP contribution in [0, 0.1) is 0 Å². The van der Waals surface area contributed by atoms with Gasteiger partial charge in [-0.1, -0.05) is 18.2 Å². The highest BCUT2D eigenvalue weighted by molar-refractivity contribution is 5.90. The topological polar surface area (TPSA) is 47.6 Å². The van der Waals surface area contributed by atoms with Crippen LogP contribution in [0.5, 0.6) is 5.75 Å². The van der Waals surface area contributed by atoms with Crippen LogP contribution in [-0.4, -0.2) is 25.7 Å². The Kier molecular flexibility index (Phi) is 5.82. The average molecular weight is 235 g/mol. The van der Waals surface area contributed by atoms with Gasteiger partial charge in [0, 0.05) is 6.92 Å². The third-order valence-electron chi connectivity index (χ3n) is 1.92. The fraction of sp³-hybridized carbons (Fsp3) is 0.308. The zero-order valence-electron chi connectivity index (χ0n) is 9.94. The number of carbonyl (C=O) groups is 1. The van der Waals surface area contributed by atoms with Crippen LogP contribution in [0.4, 0.5) is 5.69 Å². The molecule has 4 nitrogen and oxygen atoms in total. The van der Waals surface area contributed by atoms with E-state index in [0.717, 1.165) is 0 Å². The van der Waals surface area contributed by atoms with Gasteiger partial charge in [0.25, 0.3) is 0 Å². The predicted octanol–water partition coefficient (Wildman–Crippen LogP) is 2.23. The molecule has 0 spiro atoms. The Hall–Kier alpha value is -1.81. The number of para-hydroxylation sites is 2. The van der Waals surface area contributed by atoms with Crippen molar-refractivity contribution in [3.63, 3.8) is 0 Å². The molecule has 0 atom stereocenters. The zero-order valence-corrected chi connectivity index (χ0v) is 9.94. The Morgan fingerprint density at radius 3 is 2.88 bits per heavy atom. The minimum Gasteiger partial charge on any atom is -0.489 e. The van der Waals surface area contributed by atoms with Crippen molar-refractivity contribution in [3.05, 3.63) is 36.9 Å². The van der Waals surface area contributed by atoms with E-state index in [1.165, 1.54) is 6.92 Å². The molecule has 92 valence electrons. The summed E-state index contributed by atoms with van der Waals surface area (Å²) in [5, 5.41) is 2.70. The van der Waals surface area contributed by atoms with E-state index in [2.05, 4.69) is 11.9 Å². The Morgan fingerprint density at radius 2 is 2.18 bits per heavy atom. The molecular weight excluding hydrogens is 218 g/mol. The molecular formula is C13H17NO3. The highest BCUT2D eigenvalue weighted by atomic mass is 16.5. The third kappa shape index (κ3) is 5.17. The molecule has 0 aromatic heterocycles. The summed E-state index contributed by atoms with van der Waals surface area (Å²) in [6.07, 6.45) is 1.69. The first-order valence-corrected chi connectivity index (χ1v) is 5.42. The number of carbonyl (C=O) groups excluding carboxylic acids is 1. The summed E-state index contributed by atoms with van der Waals surface area (Å²) < 4.78 is 10.7. The first-order valence-electron chi connectivity index (χ1n) is 5.42. The monoisotopic (exact) mass is 235 g/mol. The largest absolute Gasteiger partial charge is 0.489 e. The van der Waals surface area contributed by atoms with E-state index in [1.54, 1.807) is 18.2 Å². The fourth-order valence-corrected chi connectivity index (χ4v) is 1.26. The average Bonchev–Trinajstić information content (AvgIpc) is 2.30. The van der Waals surface area contributed by atoms with Gasteiger partial charge in [0.1, 0.15) is 12.4 Å². The molecule has 1 N–H and O–H groups in total. The van der Waals surface area contributed by atoms with Crippen LogP contribution in [0.2, 0.25) is 0 Å². The SMILES string of the molecule is C=CCOCCOc1ccccc1NC(C)=O. The van der Waals surface area contributed by atoms with Gasteiger partial charge in [-0.25, -0.2) is 0 Å². The second kappa shape index (κ2) is 7.46. The second-order valence-corrected chi connectivity index (χ2v) is 3.39. The molecule has 1 aromatic carbocycles. The summed E-state index contributed by atoms with van der Waals surface area (Å²) >= 11 is 0. The number of nitrogens with one attached hydrogen (secondary N) is 1.